The fourth-order valence-electron chi connectivity index (χ4n) is 2.87. The topological polar surface area (TPSA) is 77.4 Å². The average molecular weight is 278 g/mol. The summed E-state index contributed by atoms with van der Waals surface area (Å²) in [5, 5.41) is 9.14. The van der Waals surface area contributed by atoms with Crippen molar-refractivity contribution in [2.75, 3.05) is 41.5 Å². The van der Waals surface area contributed by atoms with Crippen molar-refractivity contribution in [1.29, 1.82) is 0 Å². The van der Waals surface area contributed by atoms with Gasteiger partial charge in [-0.3, -0.25) is 5.21 Å². The summed E-state index contributed by atoms with van der Waals surface area (Å²) in [4.78, 5) is 17.5. The fraction of sp³-hybridized carbons (Fsp3) is 0.769. The van der Waals surface area contributed by atoms with Crippen LogP contribution in [0.3, 0.4) is 0 Å². The van der Waals surface area contributed by atoms with Crippen molar-refractivity contribution < 1.29 is 5.21 Å². The van der Waals surface area contributed by atoms with Gasteiger partial charge in [-0.25, -0.2) is 5.48 Å². The molecular formula is C13H22N6O. The van der Waals surface area contributed by atoms with Crippen molar-refractivity contribution in [1.82, 2.24) is 15.0 Å². The zero-order valence-corrected chi connectivity index (χ0v) is 11.8. The molecule has 1 aromatic heterocycles. The van der Waals surface area contributed by atoms with Crippen LogP contribution in [-0.2, 0) is 0 Å². The normalized spacial score (nSPS) is 20.1. The standard InChI is InChI=1S/C13H22N6O/c20-17-11-14-12(18-7-3-1-4-8-18)16-13(15-11)19-9-5-2-6-10-19/h20H,1-10H2,(H,14,15,16,17). The Morgan fingerprint density at radius 2 is 1.15 bits per heavy atom. The van der Waals surface area contributed by atoms with Crippen LogP contribution in [0.4, 0.5) is 17.8 Å². The number of nitrogens with zero attached hydrogens (tertiary/aromatic N) is 5. The molecule has 0 spiro atoms. The molecule has 0 unspecified atom stereocenters. The first kappa shape index (κ1) is 13.4. The van der Waals surface area contributed by atoms with Crippen LogP contribution < -0.4 is 15.3 Å². The molecule has 2 aliphatic heterocycles. The highest BCUT2D eigenvalue weighted by Crippen LogP contribution is 2.22. The Labute approximate surface area is 119 Å². The molecule has 0 radical (unpaired) electrons. The summed E-state index contributed by atoms with van der Waals surface area (Å²) in [6.45, 7) is 3.92. The van der Waals surface area contributed by atoms with Gasteiger partial charge in [0.15, 0.2) is 0 Å². The van der Waals surface area contributed by atoms with Crippen LogP contribution in [0.2, 0.25) is 0 Å². The molecule has 110 valence electrons. The average Bonchev–Trinajstić information content (AvgIpc) is 2.56. The van der Waals surface area contributed by atoms with Crippen molar-refractivity contribution in [2.24, 2.45) is 0 Å². The van der Waals surface area contributed by atoms with Crippen LogP contribution >= 0.6 is 0 Å². The summed E-state index contributed by atoms with van der Waals surface area (Å²) in [5.74, 6) is 1.59. The smallest absolute Gasteiger partial charge is 0.253 e. The first-order valence-corrected chi connectivity index (χ1v) is 7.53. The number of nitrogens with one attached hydrogen (secondary N) is 1. The van der Waals surface area contributed by atoms with Gasteiger partial charge in [0.05, 0.1) is 0 Å². The van der Waals surface area contributed by atoms with E-state index in [4.69, 9.17) is 5.21 Å². The molecule has 0 aromatic carbocycles. The van der Waals surface area contributed by atoms with Crippen molar-refractivity contribution in [3.05, 3.63) is 0 Å². The van der Waals surface area contributed by atoms with Crippen LogP contribution in [0, 0.1) is 0 Å². The number of rotatable bonds is 3. The van der Waals surface area contributed by atoms with E-state index in [2.05, 4.69) is 30.2 Å². The Bertz CT molecular complexity index is 406. The fourth-order valence-corrected chi connectivity index (χ4v) is 2.87. The number of anilines is 3. The van der Waals surface area contributed by atoms with E-state index in [0.29, 0.717) is 11.9 Å². The Hall–Kier alpha value is -1.63. The van der Waals surface area contributed by atoms with E-state index in [1.54, 1.807) is 0 Å². The third-order valence-corrected chi connectivity index (χ3v) is 3.99. The first-order chi connectivity index (χ1) is 9.86. The second kappa shape index (κ2) is 6.21. The molecule has 2 fully saturated rings. The lowest BCUT2D eigenvalue weighted by Crippen LogP contribution is -2.34. The third kappa shape index (κ3) is 2.92. The molecule has 0 amide bonds. The molecule has 0 atom stereocenters. The Morgan fingerprint density at radius 3 is 1.55 bits per heavy atom. The van der Waals surface area contributed by atoms with E-state index in [1.807, 2.05) is 0 Å². The Balaban J connectivity index is 1.85. The number of aromatic nitrogens is 3. The predicted molar refractivity (Wildman–Crippen MR) is 77.4 cm³/mol. The van der Waals surface area contributed by atoms with E-state index in [1.165, 1.54) is 38.5 Å². The van der Waals surface area contributed by atoms with Gasteiger partial charge < -0.3 is 9.80 Å². The monoisotopic (exact) mass is 278 g/mol. The summed E-state index contributed by atoms with van der Waals surface area (Å²) in [5.41, 5.74) is 2.07. The molecule has 2 aliphatic rings. The minimum atomic E-state index is 0.237. The van der Waals surface area contributed by atoms with Gasteiger partial charge in [-0.2, -0.15) is 15.0 Å². The molecule has 2 saturated heterocycles. The van der Waals surface area contributed by atoms with E-state index < -0.39 is 0 Å². The van der Waals surface area contributed by atoms with Gasteiger partial charge in [0.1, 0.15) is 0 Å². The Morgan fingerprint density at radius 1 is 0.700 bits per heavy atom. The van der Waals surface area contributed by atoms with Crippen molar-refractivity contribution in [3.63, 3.8) is 0 Å². The van der Waals surface area contributed by atoms with Gasteiger partial charge in [0, 0.05) is 26.2 Å². The van der Waals surface area contributed by atoms with Crippen LogP contribution in [-0.4, -0.2) is 46.3 Å². The summed E-state index contributed by atoms with van der Waals surface area (Å²) in [6, 6.07) is 0. The Kier molecular flexibility index (Phi) is 4.15. The second-order valence-corrected chi connectivity index (χ2v) is 5.47. The van der Waals surface area contributed by atoms with E-state index >= 15 is 0 Å². The van der Waals surface area contributed by atoms with Gasteiger partial charge in [-0.15, -0.1) is 0 Å². The molecule has 2 N–H and O–H groups in total. The van der Waals surface area contributed by atoms with Crippen molar-refractivity contribution in [3.8, 4) is 0 Å². The summed E-state index contributed by atoms with van der Waals surface area (Å²) < 4.78 is 0. The summed E-state index contributed by atoms with van der Waals surface area (Å²) >= 11 is 0. The molecule has 1 aromatic rings. The molecule has 0 bridgehead atoms. The highest BCUT2D eigenvalue weighted by Gasteiger charge is 2.19. The van der Waals surface area contributed by atoms with E-state index in [0.717, 1.165) is 26.2 Å². The molecule has 0 aliphatic carbocycles. The summed E-state index contributed by atoms with van der Waals surface area (Å²) in [6.07, 6.45) is 7.23. The van der Waals surface area contributed by atoms with Gasteiger partial charge in [-0.05, 0) is 38.5 Å². The molecule has 3 rings (SSSR count). The van der Waals surface area contributed by atoms with E-state index in [9.17, 15) is 0 Å². The summed E-state index contributed by atoms with van der Waals surface area (Å²) in [7, 11) is 0. The quantitative estimate of drug-likeness (QED) is 0.814. The van der Waals surface area contributed by atoms with Crippen LogP contribution in [0.15, 0.2) is 0 Å². The molecule has 20 heavy (non-hydrogen) atoms. The van der Waals surface area contributed by atoms with Crippen molar-refractivity contribution in [2.45, 2.75) is 38.5 Å². The van der Waals surface area contributed by atoms with E-state index in [-0.39, 0.29) is 5.95 Å². The lowest BCUT2D eigenvalue weighted by Gasteiger charge is -2.30. The molecule has 0 saturated carbocycles. The SMILES string of the molecule is ONc1nc(N2CCCCC2)nc(N2CCCCC2)n1. The van der Waals surface area contributed by atoms with Crippen LogP contribution in [0.25, 0.3) is 0 Å². The minimum absolute atomic E-state index is 0.237. The zero-order chi connectivity index (χ0) is 13.8. The molecule has 7 nitrogen and oxygen atoms in total. The third-order valence-electron chi connectivity index (χ3n) is 3.99. The lowest BCUT2D eigenvalue weighted by molar-refractivity contribution is 0.382. The maximum atomic E-state index is 9.14. The lowest BCUT2D eigenvalue weighted by atomic mass is 10.1. The number of piperidine rings is 2. The maximum Gasteiger partial charge on any atom is 0.253 e. The zero-order valence-electron chi connectivity index (χ0n) is 11.8. The molecule has 7 heteroatoms. The molecule has 3 heterocycles. The largest absolute Gasteiger partial charge is 0.341 e. The van der Waals surface area contributed by atoms with Gasteiger partial charge in [-0.1, -0.05) is 0 Å². The van der Waals surface area contributed by atoms with Crippen LogP contribution in [0.1, 0.15) is 38.5 Å². The van der Waals surface area contributed by atoms with Gasteiger partial charge in [0.2, 0.25) is 11.9 Å². The highest BCUT2D eigenvalue weighted by atomic mass is 16.5. The predicted octanol–water partition coefficient (Wildman–Crippen LogP) is 1.65. The number of hydrogen-bond donors (Lipinski definition) is 2. The van der Waals surface area contributed by atoms with Crippen molar-refractivity contribution >= 4 is 17.8 Å². The van der Waals surface area contributed by atoms with Crippen LogP contribution in [0.5, 0.6) is 0 Å². The van der Waals surface area contributed by atoms with Gasteiger partial charge in [0.25, 0.3) is 5.95 Å². The first-order valence-electron chi connectivity index (χ1n) is 7.53. The minimum Gasteiger partial charge on any atom is -0.341 e. The number of hydrogen-bond acceptors (Lipinski definition) is 7. The highest BCUT2D eigenvalue weighted by molar-refractivity contribution is 5.44. The molecular weight excluding hydrogens is 256 g/mol. The maximum absolute atomic E-state index is 9.14. The van der Waals surface area contributed by atoms with Gasteiger partial charge >= 0.3 is 0 Å². The second-order valence-electron chi connectivity index (χ2n) is 5.47.